The van der Waals surface area contributed by atoms with E-state index in [9.17, 15) is 4.79 Å². The van der Waals surface area contributed by atoms with Crippen LogP contribution in [0.5, 0.6) is 5.75 Å². The maximum Gasteiger partial charge on any atom is 0.408 e. The Morgan fingerprint density at radius 3 is 2.57 bits per heavy atom. The monoisotopic (exact) mass is 295 g/mol. The third-order valence-corrected chi connectivity index (χ3v) is 2.74. The minimum absolute atomic E-state index is 0.0510. The van der Waals surface area contributed by atoms with Gasteiger partial charge in [-0.3, -0.25) is 0 Å². The summed E-state index contributed by atoms with van der Waals surface area (Å²) < 4.78 is 10.8. The van der Waals surface area contributed by atoms with E-state index >= 15 is 0 Å². The molecule has 0 spiro atoms. The van der Waals surface area contributed by atoms with E-state index in [1.165, 1.54) is 0 Å². The number of nitrogens with one attached hydrogen (secondary N) is 1. The summed E-state index contributed by atoms with van der Waals surface area (Å²) in [6.45, 7) is 7.62. The molecule has 1 amide bonds. The van der Waals surface area contributed by atoms with Gasteiger partial charge in [0.25, 0.3) is 0 Å². The first kappa shape index (κ1) is 17.3. The summed E-state index contributed by atoms with van der Waals surface area (Å²) in [6.07, 6.45) is 0.255. The summed E-state index contributed by atoms with van der Waals surface area (Å²) in [7, 11) is 0. The number of hydrogen-bond acceptors (Lipinski definition) is 4. The van der Waals surface area contributed by atoms with Gasteiger partial charge in [0.2, 0.25) is 0 Å². The predicted octanol–water partition coefficient (Wildman–Crippen LogP) is 3.03. The van der Waals surface area contributed by atoms with Gasteiger partial charge in [0.05, 0.1) is 12.6 Å². The zero-order valence-corrected chi connectivity index (χ0v) is 13.2. The molecule has 0 aromatic heterocycles. The van der Waals surface area contributed by atoms with E-state index in [4.69, 9.17) is 14.6 Å². The highest BCUT2D eigenvalue weighted by Gasteiger charge is 2.21. The van der Waals surface area contributed by atoms with Crippen LogP contribution in [0.15, 0.2) is 24.3 Å². The fraction of sp³-hybridized carbons (Fsp3) is 0.562. The van der Waals surface area contributed by atoms with Crippen LogP contribution in [0.3, 0.4) is 0 Å². The van der Waals surface area contributed by atoms with E-state index in [1.807, 2.05) is 52.0 Å². The molecule has 0 aliphatic heterocycles. The molecule has 0 saturated carbocycles. The van der Waals surface area contributed by atoms with Gasteiger partial charge in [-0.05, 0) is 33.3 Å². The van der Waals surface area contributed by atoms with Crippen LogP contribution >= 0.6 is 0 Å². The number of alkyl carbamates (subject to hydrolysis) is 1. The van der Waals surface area contributed by atoms with Crippen molar-refractivity contribution in [2.45, 2.75) is 45.8 Å². The van der Waals surface area contributed by atoms with Crippen LogP contribution in [0, 0.1) is 0 Å². The van der Waals surface area contributed by atoms with E-state index in [-0.39, 0.29) is 19.3 Å². The van der Waals surface area contributed by atoms with E-state index < -0.39 is 11.7 Å². The van der Waals surface area contributed by atoms with Crippen molar-refractivity contribution in [3.63, 3.8) is 0 Å². The highest BCUT2D eigenvalue weighted by Crippen LogP contribution is 2.27. The van der Waals surface area contributed by atoms with Crippen molar-refractivity contribution in [1.29, 1.82) is 0 Å². The van der Waals surface area contributed by atoms with Gasteiger partial charge >= 0.3 is 6.09 Å². The molecule has 0 fully saturated rings. The summed E-state index contributed by atoms with van der Waals surface area (Å²) in [6, 6.07) is 7.27. The molecule has 118 valence electrons. The Hall–Kier alpha value is -1.75. The minimum Gasteiger partial charge on any atom is -0.491 e. The standard InChI is InChI=1S/C16H25NO4/c1-5-13(17-15(19)21-16(2,3)4)12-8-6-7-9-14(12)20-11-10-18/h6-9,13,18H,5,10-11H2,1-4H3,(H,17,19)/t13-/m0/s1. The second-order valence-corrected chi connectivity index (χ2v) is 5.72. The molecular formula is C16H25NO4. The first-order valence-electron chi connectivity index (χ1n) is 7.19. The third-order valence-electron chi connectivity index (χ3n) is 2.74. The Kier molecular flexibility index (Phi) is 6.49. The van der Waals surface area contributed by atoms with Gasteiger partial charge in [0, 0.05) is 5.56 Å². The number of benzene rings is 1. The van der Waals surface area contributed by atoms with Gasteiger partial charge in [0.1, 0.15) is 18.0 Å². The lowest BCUT2D eigenvalue weighted by Gasteiger charge is -2.24. The van der Waals surface area contributed by atoms with Crippen molar-refractivity contribution in [3.8, 4) is 5.75 Å². The smallest absolute Gasteiger partial charge is 0.408 e. The number of ether oxygens (including phenoxy) is 2. The first-order valence-corrected chi connectivity index (χ1v) is 7.19. The summed E-state index contributed by atoms with van der Waals surface area (Å²) in [5.41, 5.74) is 0.342. The van der Waals surface area contributed by atoms with Gasteiger partial charge in [-0.1, -0.05) is 25.1 Å². The second kappa shape index (κ2) is 7.88. The van der Waals surface area contributed by atoms with Gasteiger partial charge < -0.3 is 19.9 Å². The number of hydrogen-bond donors (Lipinski definition) is 2. The zero-order chi connectivity index (χ0) is 15.9. The maximum atomic E-state index is 11.9. The van der Waals surface area contributed by atoms with Crippen LogP contribution in [0.2, 0.25) is 0 Å². The topological polar surface area (TPSA) is 67.8 Å². The Morgan fingerprint density at radius 1 is 1.33 bits per heavy atom. The van der Waals surface area contributed by atoms with Crippen LogP contribution in [-0.2, 0) is 4.74 Å². The fourth-order valence-electron chi connectivity index (χ4n) is 1.90. The maximum absolute atomic E-state index is 11.9. The van der Waals surface area contributed by atoms with Crippen LogP contribution in [0.1, 0.15) is 45.7 Å². The molecule has 1 aromatic rings. The van der Waals surface area contributed by atoms with Crippen molar-refractivity contribution in [2.75, 3.05) is 13.2 Å². The fourth-order valence-corrected chi connectivity index (χ4v) is 1.90. The van der Waals surface area contributed by atoms with E-state index in [0.717, 1.165) is 5.56 Å². The van der Waals surface area contributed by atoms with Crippen LogP contribution in [0.4, 0.5) is 4.79 Å². The van der Waals surface area contributed by atoms with Crippen molar-refractivity contribution >= 4 is 6.09 Å². The van der Waals surface area contributed by atoms with Gasteiger partial charge in [-0.15, -0.1) is 0 Å². The van der Waals surface area contributed by atoms with Gasteiger partial charge in [-0.2, -0.15) is 0 Å². The summed E-state index contributed by atoms with van der Waals surface area (Å²) >= 11 is 0. The van der Waals surface area contributed by atoms with Crippen molar-refractivity contribution in [1.82, 2.24) is 5.32 Å². The predicted molar refractivity (Wildman–Crippen MR) is 81.4 cm³/mol. The zero-order valence-electron chi connectivity index (χ0n) is 13.2. The van der Waals surface area contributed by atoms with Crippen LogP contribution < -0.4 is 10.1 Å². The number of carbonyl (C=O) groups excluding carboxylic acids is 1. The second-order valence-electron chi connectivity index (χ2n) is 5.72. The molecule has 0 aliphatic rings. The lowest BCUT2D eigenvalue weighted by Crippen LogP contribution is -2.35. The van der Waals surface area contributed by atoms with Crippen molar-refractivity contribution < 1.29 is 19.4 Å². The Balaban J connectivity index is 2.82. The summed E-state index contributed by atoms with van der Waals surface area (Å²) in [5.74, 6) is 0.662. The average Bonchev–Trinajstić information content (AvgIpc) is 2.41. The molecule has 0 heterocycles. The number of aliphatic hydroxyl groups is 1. The molecule has 0 unspecified atom stereocenters. The molecule has 1 atom stereocenters. The summed E-state index contributed by atoms with van der Waals surface area (Å²) in [4.78, 5) is 11.9. The molecule has 0 radical (unpaired) electrons. The largest absolute Gasteiger partial charge is 0.491 e. The lowest BCUT2D eigenvalue weighted by molar-refractivity contribution is 0.0501. The summed E-state index contributed by atoms with van der Waals surface area (Å²) in [5, 5.41) is 11.7. The Bertz CT molecular complexity index is 454. The molecule has 1 aromatic carbocycles. The van der Waals surface area contributed by atoms with E-state index in [1.54, 1.807) is 0 Å². The van der Waals surface area contributed by atoms with E-state index in [0.29, 0.717) is 12.2 Å². The first-order chi connectivity index (χ1) is 9.87. The number of rotatable bonds is 6. The molecule has 0 saturated heterocycles. The average molecular weight is 295 g/mol. The molecule has 21 heavy (non-hydrogen) atoms. The highest BCUT2D eigenvalue weighted by molar-refractivity contribution is 5.68. The number of aliphatic hydroxyl groups excluding tert-OH is 1. The van der Waals surface area contributed by atoms with Crippen LogP contribution in [0.25, 0.3) is 0 Å². The number of carbonyl (C=O) groups is 1. The molecule has 0 aliphatic carbocycles. The molecule has 0 bridgehead atoms. The lowest BCUT2D eigenvalue weighted by atomic mass is 10.0. The molecule has 5 heteroatoms. The quantitative estimate of drug-likeness (QED) is 0.846. The van der Waals surface area contributed by atoms with Gasteiger partial charge in [0.15, 0.2) is 0 Å². The minimum atomic E-state index is -0.532. The highest BCUT2D eigenvalue weighted by atomic mass is 16.6. The molecule has 5 nitrogen and oxygen atoms in total. The SMILES string of the molecule is CC[C@H](NC(=O)OC(C)(C)C)c1ccccc1OCCO. The van der Waals surface area contributed by atoms with Crippen LogP contribution in [-0.4, -0.2) is 30.0 Å². The normalized spacial score (nSPS) is 12.6. The molecule has 1 rings (SSSR count). The van der Waals surface area contributed by atoms with Crippen molar-refractivity contribution in [2.24, 2.45) is 0 Å². The number of para-hydroxylation sites is 1. The van der Waals surface area contributed by atoms with Gasteiger partial charge in [-0.25, -0.2) is 4.79 Å². The van der Waals surface area contributed by atoms with E-state index in [2.05, 4.69) is 5.32 Å². The molecule has 2 N–H and O–H groups in total. The Morgan fingerprint density at radius 2 is 2.00 bits per heavy atom. The number of amides is 1. The van der Waals surface area contributed by atoms with Crippen molar-refractivity contribution in [3.05, 3.63) is 29.8 Å². The Labute approximate surface area is 126 Å². The third kappa shape index (κ3) is 6.04. The molecular weight excluding hydrogens is 270 g/mol.